The Labute approximate surface area is 58.2 Å². The van der Waals surface area contributed by atoms with Crippen LogP contribution in [0, 0.1) is 11.8 Å². The van der Waals surface area contributed by atoms with Crippen molar-refractivity contribution in [3.05, 3.63) is 0 Å². The van der Waals surface area contributed by atoms with E-state index in [4.69, 9.17) is 0 Å². The molecule has 0 aliphatic carbocycles. The maximum atomic E-state index is 4.13. The van der Waals surface area contributed by atoms with Gasteiger partial charge in [-0.25, -0.2) is 0 Å². The van der Waals surface area contributed by atoms with Gasteiger partial charge in [-0.05, 0) is 18.8 Å². The van der Waals surface area contributed by atoms with Gasteiger partial charge in [0.05, 0.1) is 0 Å². The number of aliphatic imine (C=N–C) groups is 1. The molecule has 0 spiro atoms. The minimum Gasteiger partial charge on any atom is -0.297 e. The zero-order chi connectivity index (χ0) is 7.44. The molecule has 0 saturated heterocycles. The van der Waals surface area contributed by atoms with Gasteiger partial charge in [-0.2, -0.15) is 0 Å². The molecule has 0 radical (unpaired) electrons. The van der Waals surface area contributed by atoms with Crippen LogP contribution in [0.1, 0.15) is 27.7 Å². The number of hydrogen-bond donors (Lipinski definition) is 0. The van der Waals surface area contributed by atoms with Crippen molar-refractivity contribution >= 4 is 5.71 Å². The number of rotatable bonds is 2. The molecule has 0 fully saturated rings. The van der Waals surface area contributed by atoms with Crippen molar-refractivity contribution in [3.63, 3.8) is 0 Å². The Morgan fingerprint density at radius 3 is 1.78 bits per heavy atom. The molecule has 0 heterocycles. The molecule has 0 N–H and O–H groups in total. The van der Waals surface area contributed by atoms with Crippen molar-refractivity contribution in [2.45, 2.75) is 27.7 Å². The topological polar surface area (TPSA) is 12.4 Å². The van der Waals surface area contributed by atoms with Crippen LogP contribution in [-0.2, 0) is 0 Å². The molecular formula is C8H17N. The van der Waals surface area contributed by atoms with Gasteiger partial charge in [-0.1, -0.05) is 20.8 Å². The standard InChI is InChI=1S/C8H17N/c1-6(2)7(3)8(4)9-5/h6-7H,1-5H3. The fraction of sp³-hybridized carbons (Fsp3) is 0.875. The van der Waals surface area contributed by atoms with Crippen LogP contribution in [0.2, 0.25) is 0 Å². The van der Waals surface area contributed by atoms with E-state index in [9.17, 15) is 0 Å². The van der Waals surface area contributed by atoms with Gasteiger partial charge >= 0.3 is 0 Å². The lowest BCUT2D eigenvalue weighted by Crippen LogP contribution is -2.13. The molecule has 0 saturated carbocycles. The predicted molar refractivity (Wildman–Crippen MR) is 43.0 cm³/mol. The Balaban J connectivity index is 3.88. The van der Waals surface area contributed by atoms with Crippen LogP contribution in [0.4, 0.5) is 0 Å². The summed E-state index contributed by atoms with van der Waals surface area (Å²) in [4.78, 5) is 4.13. The van der Waals surface area contributed by atoms with E-state index in [1.165, 1.54) is 5.71 Å². The highest BCUT2D eigenvalue weighted by atomic mass is 14.7. The Kier molecular flexibility index (Phi) is 3.52. The van der Waals surface area contributed by atoms with Gasteiger partial charge in [0, 0.05) is 12.8 Å². The SMILES string of the molecule is CN=C(C)C(C)C(C)C. The lowest BCUT2D eigenvalue weighted by Gasteiger charge is -2.13. The summed E-state index contributed by atoms with van der Waals surface area (Å²) in [6.45, 7) is 8.75. The van der Waals surface area contributed by atoms with E-state index < -0.39 is 0 Å². The van der Waals surface area contributed by atoms with E-state index in [0.717, 1.165) is 0 Å². The molecule has 0 amide bonds. The van der Waals surface area contributed by atoms with Crippen LogP contribution >= 0.6 is 0 Å². The fourth-order valence-corrected chi connectivity index (χ4v) is 0.686. The second kappa shape index (κ2) is 3.65. The molecule has 54 valence electrons. The van der Waals surface area contributed by atoms with Gasteiger partial charge in [-0.3, -0.25) is 4.99 Å². The Bertz CT molecular complexity index is 103. The summed E-state index contributed by atoms with van der Waals surface area (Å²) >= 11 is 0. The van der Waals surface area contributed by atoms with E-state index in [0.29, 0.717) is 11.8 Å². The first-order valence-electron chi connectivity index (χ1n) is 3.52. The fourth-order valence-electron chi connectivity index (χ4n) is 0.686. The molecule has 9 heavy (non-hydrogen) atoms. The summed E-state index contributed by atoms with van der Waals surface area (Å²) < 4.78 is 0. The molecule has 1 unspecified atom stereocenters. The average molecular weight is 127 g/mol. The van der Waals surface area contributed by atoms with E-state index in [1.54, 1.807) is 0 Å². The third-order valence-electron chi connectivity index (χ3n) is 2.01. The maximum Gasteiger partial charge on any atom is 0.0276 e. The van der Waals surface area contributed by atoms with Crippen LogP contribution in [0.15, 0.2) is 4.99 Å². The zero-order valence-electron chi connectivity index (χ0n) is 7.10. The minimum absolute atomic E-state index is 0.634. The van der Waals surface area contributed by atoms with Crippen molar-refractivity contribution < 1.29 is 0 Å². The summed E-state index contributed by atoms with van der Waals surface area (Å²) in [6.07, 6.45) is 0. The first kappa shape index (κ1) is 8.67. The molecule has 1 atom stereocenters. The molecule has 0 rings (SSSR count). The van der Waals surface area contributed by atoms with E-state index in [1.807, 2.05) is 7.05 Å². The van der Waals surface area contributed by atoms with Crippen LogP contribution in [-0.4, -0.2) is 12.8 Å². The highest BCUT2D eigenvalue weighted by Gasteiger charge is 2.08. The second-order valence-corrected chi connectivity index (χ2v) is 2.90. The highest BCUT2D eigenvalue weighted by Crippen LogP contribution is 2.10. The molecule has 1 heteroatoms. The third-order valence-corrected chi connectivity index (χ3v) is 2.01. The Morgan fingerprint density at radius 1 is 1.22 bits per heavy atom. The monoisotopic (exact) mass is 127 g/mol. The summed E-state index contributed by atoms with van der Waals surface area (Å²) in [6, 6.07) is 0. The minimum atomic E-state index is 0.634. The Hall–Kier alpha value is -0.330. The average Bonchev–Trinajstić information content (AvgIpc) is 1.84. The van der Waals surface area contributed by atoms with E-state index in [2.05, 4.69) is 32.7 Å². The van der Waals surface area contributed by atoms with Crippen molar-refractivity contribution in [1.82, 2.24) is 0 Å². The quantitative estimate of drug-likeness (QED) is 0.505. The smallest absolute Gasteiger partial charge is 0.0276 e. The number of nitrogens with zero attached hydrogens (tertiary/aromatic N) is 1. The summed E-state index contributed by atoms with van der Waals surface area (Å²) in [5, 5.41) is 0. The highest BCUT2D eigenvalue weighted by molar-refractivity contribution is 5.84. The molecule has 1 nitrogen and oxygen atoms in total. The summed E-state index contributed by atoms with van der Waals surface area (Å²) in [5.74, 6) is 1.35. The van der Waals surface area contributed by atoms with Crippen LogP contribution < -0.4 is 0 Å². The maximum absolute atomic E-state index is 4.13. The first-order valence-corrected chi connectivity index (χ1v) is 3.52. The van der Waals surface area contributed by atoms with Crippen LogP contribution in [0.3, 0.4) is 0 Å². The van der Waals surface area contributed by atoms with Gasteiger partial charge in [0.2, 0.25) is 0 Å². The molecule has 0 aromatic carbocycles. The van der Waals surface area contributed by atoms with Gasteiger partial charge in [-0.15, -0.1) is 0 Å². The number of hydrogen-bond acceptors (Lipinski definition) is 1. The predicted octanol–water partition coefficient (Wildman–Crippen LogP) is 2.37. The molecule has 0 aromatic heterocycles. The Morgan fingerprint density at radius 2 is 1.67 bits per heavy atom. The van der Waals surface area contributed by atoms with Crippen LogP contribution in [0.5, 0.6) is 0 Å². The molecule has 0 bridgehead atoms. The van der Waals surface area contributed by atoms with Gasteiger partial charge in [0.15, 0.2) is 0 Å². The van der Waals surface area contributed by atoms with Crippen molar-refractivity contribution in [3.8, 4) is 0 Å². The van der Waals surface area contributed by atoms with E-state index in [-0.39, 0.29) is 0 Å². The zero-order valence-corrected chi connectivity index (χ0v) is 7.10. The molecule has 0 aliphatic heterocycles. The first-order chi connectivity index (χ1) is 4.09. The third kappa shape index (κ3) is 2.64. The second-order valence-electron chi connectivity index (χ2n) is 2.90. The van der Waals surface area contributed by atoms with Crippen molar-refractivity contribution in [1.29, 1.82) is 0 Å². The lowest BCUT2D eigenvalue weighted by molar-refractivity contribution is 0.530. The molecule has 0 aromatic rings. The summed E-state index contributed by atoms with van der Waals surface area (Å²) in [5.41, 5.74) is 1.25. The van der Waals surface area contributed by atoms with Crippen molar-refractivity contribution in [2.24, 2.45) is 16.8 Å². The van der Waals surface area contributed by atoms with Crippen molar-refractivity contribution in [2.75, 3.05) is 7.05 Å². The lowest BCUT2D eigenvalue weighted by atomic mass is 9.94. The normalized spacial score (nSPS) is 16.4. The summed E-state index contributed by atoms with van der Waals surface area (Å²) in [7, 11) is 1.86. The van der Waals surface area contributed by atoms with Gasteiger partial charge in [0.1, 0.15) is 0 Å². The van der Waals surface area contributed by atoms with E-state index >= 15 is 0 Å². The van der Waals surface area contributed by atoms with Crippen LogP contribution in [0.25, 0.3) is 0 Å². The largest absolute Gasteiger partial charge is 0.297 e. The van der Waals surface area contributed by atoms with Gasteiger partial charge < -0.3 is 0 Å². The van der Waals surface area contributed by atoms with Gasteiger partial charge in [0.25, 0.3) is 0 Å². The molecular weight excluding hydrogens is 110 g/mol. The molecule has 0 aliphatic rings.